The van der Waals surface area contributed by atoms with Crippen LogP contribution in [-0.4, -0.2) is 17.8 Å². The number of carbonyl (C=O) groups excluding carboxylic acids is 1. The molecule has 2 rings (SSSR count). The van der Waals surface area contributed by atoms with E-state index in [4.69, 9.17) is 4.42 Å². The van der Waals surface area contributed by atoms with E-state index < -0.39 is 0 Å². The van der Waals surface area contributed by atoms with E-state index in [1.807, 2.05) is 24.3 Å². The smallest absolute Gasteiger partial charge is 0.287 e. The first-order chi connectivity index (χ1) is 8.20. The average Bonchev–Trinajstić information content (AvgIpc) is 2.79. The van der Waals surface area contributed by atoms with Crippen LogP contribution in [0.3, 0.4) is 0 Å². The first kappa shape index (κ1) is 12.2. The van der Waals surface area contributed by atoms with Crippen molar-refractivity contribution in [3.05, 3.63) is 36.1 Å². The molecule has 0 aliphatic carbocycles. The van der Waals surface area contributed by atoms with Crippen LogP contribution in [0.5, 0.6) is 0 Å². The number of rotatable bonds is 4. The monoisotopic (exact) mass is 295 g/mol. The summed E-state index contributed by atoms with van der Waals surface area (Å²) < 4.78 is 5.47. The van der Waals surface area contributed by atoms with E-state index in [-0.39, 0.29) is 5.91 Å². The fourth-order valence-electron chi connectivity index (χ4n) is 1.50. The van der Waals surface area contributed by atoms with Gasteiger partial charge in [-0.1, -0.05) is 41.1 Å². The normalized spacial score (nSPS) is 12.6. The molecule has 1 aromatic carbocycles. The molecule has 0 spiro atoms. The van der Waals surface area contributed by atoms with Gasteiger partial charge in [-0.3, -0.25) is 4.79 Å². The number of nitrogens with one attached hydrogen (secondary N) is 1. The van der Waals surface area contributed by atoms with E-state index in [2.05, 4.69) is 28.2 Å². The van der Waals surface area contributed by atoms with E-state index in [0.717, 1.165) is 16.3 Å². The van der Waals surface area contributed by atoms with Crippen molar-refractivity contribution in [2.45, 2.75) is 6.92 Å². The van der Waals surface area contributed by atoms with E-state index in [0.29, 0.717) is 18.2 Å². The second-order valence-corrected chi connectivity index (χ2v) is 4.77. The van der Waals surface area contributed by atoms with Crippen LogP contribution in [0.1, 0.15) is 17.5 Å². The van der Waals surface area contributed by atoms with E-state index >= 15 is 0 Å². The van der Waals surface area contributed by atoms with Crippen LogP contribution in [0.4, 0.5) is 0 Å². The number of fused-ring (bicyclic) bond motifs is 1. The van der Waals surface area contributed by atoms with Crippen LogP contribution in [0.25, 0.3) is 11.0 Å². The topological polar surface area (TPSA) is 42.2 Å². The first-order valence-corrected chi connectivity index (χ1v) is 6.65. The summed E-state index contributed by atoms with van der Waals surface area (Å²) in [6, 6.07) is 9.36. The standard InChI is InChI=1S/C13H14BrNO2/c1-9(7-14)8-15-13(16)12-6-10-4-2-3-5-11(10)17-12/h2-6,9H,7-8H2,1H3,(H,15,16). The first-order valence-electron chi connectivity index (χ1n) is 5.53. The summed E-state index contributed by atoms with van der Waals surface area (Å²) in [6.45, 7) is 2.70. The molecule has 1 heterocycles. The predicted molar refractivity (Wildman–Crippen MR) is 71.5 cm³/mol. The van der Waals surface area contributed by atoms with Gasteiger partial charge in [-0.2, -0.15) is 0 Å². The molecule has 2 aromatic rings. The van der Waals surface area contributed by atoms with Gasteiger partial charge in [0.2, 0.25) is 0 Å². The lowest BCUT2D eigenvalue weighted by Gasteiger charge is -2.07. The van der Waals surface area contributed by atoms with Gasteiger partial charge < -0.3 is 9.73 Å². The Labute approximate surface area is 108 Å². The average molecular weight is 296 g/mol. The maximum atomic E-state index is 11.8. The third-order valence-corrected chi connectivity index (χ3v) is 3.63. The zero-order valence-electron chi connectivity index (χ0n) is 9.57. The van der Waals surface area contributed by atoms with Crippen molar-refractivity contribution in [3.8, 4) is 0 Å². The van der Waals surface area contributed by atoms with Gasteiger partial charge in [0.1, 0.15) is 5.58 Å². The molecule has 1 atom stereocenters. The summed E-state index contributed by atoms with van der Waals surface area (Å²) in [6.07, 6.45) is 0. The number of alkyl halides is 1. The highest BCUT2D eigenvalue weighted by atomic mass is 79.9. The molecule has 0 fully saturated rings. The van der Waals surface area contributed by atoms with Gasteiger partial charge in [-0.25, -0.2) is 0 Å². The van der Waals surface area contributed by atoms with Gasteiger partial charge in [0.25, 0.3) is 5.91 Å². The third-order valence-electron chi connectivity index (χ3n) is 2.52. The van der Waals surface area contributed by atoms with Crippen LogP contribution in [0.2, 0.25) is 0 Å². The van der Waals surface area contributed by atoms with Gasteiger partial charge in [0, 0.05) is 17.3 Å². The molecule has 0 aliphatic rings. The SMILES string of the molecule is CC(CBr)CNC(=O)c1cc2ccccc2o1. The second kappa shape index (κ2) is 5.36. The Kier molecular flexibility index (Phi) is 3.84. The number of hydrogen-bond acceptors (Lipinski definition) is 2. The van der Waals surface area contributed by atoms with Crippen LogP contribution in [0.15, 0.2) is 34.7 Å². The third kappa shape index (κ3) is 2.88. The minimum atomic E-state index is -0.158. The minimum Gasteiger partial charge on any atom is -0.451 e. The van der Waals surface area contributed by atoms with Crippen LogP contribution in [0, 0.1) is 5.92 Å². The molecule has 17 heavy (non-hydrogen) atoms. The van der Waals surface area contributed by atoms with Crippen LogP contribution in [-0.2, 0) is 0 Å². The highest BCUT2D eigenvalue weighted by Crippen LogP contribution is 2.18. The molecule has 0 saturated heterocycles. The molecule has 0 bridgehead atoms. The van der Waals surface area contributed by atoms with Crippen LogP contribution < -0.4 is 5.32 Å². The molecule has 0 radical (unpaired) electrons. The number of carbonyl (C=O) groups is 1. The summed E-state index contributed by atoms with van der Waals surface area (Å²) in [4.78, 5) is 11.8. The molecule has 4 heteroatoms. The molecule has 0 aliphatic heterocycles. The van der Waals surface area contributed by atoms with Crippen molar-refractivity contribution >= 4 is 32.8 Å². The Morgan fingerprint density at radius 1 is 1.47 bits per heavy atom. The Morgan fingerprint density at radius 3 is 2.94 bits per heavy atom. The molecule has 1 unspecified atom stereocenters. The Balaban J connectivity index is 2.08. The van der Waals surface area contributed by atoms with Crippen molar-refractivity contribution in [3.63, 3.8) is 0 Å². The maximum Gasteiger partial charge on any atom is 0.287 e. The summed E-state index contributed by atoms with van der Waals surface area (Å²) in [5.74, 6) is 0.616. The zero-order valence-corrected chi connectivity index (χ0v) is 11.2. The van der Waals surface area contributed by atoms with Gasteiger partial charge >= 0.3 is 0 Å². The lowest BCUT2D eigenvalue weighted by Crippen LogP contribution is -2.28. The van der Waals surface area contributed by atoms with Crippen molar-refractivity contribution < 1.29 is 9.21 Å². The molecule has 3 nitrogen and oxygen atoms in total. The molecular formula is C13H14BrNO2. The largest absolute Gasteiger partial charge is 0.451 e. The molecule has 1 aromatic heterocycles. The Hall–Kier alpha value is -1.29. The fourth-order valence-corrected chi connectivity index (χ4v) is 1.73. The van der Waals surface area contributed by atoms with Crippen molar-refractivity contribution in [1.29, 1.82) is 0 Å². The molecule has 0 saturated carbocycles. The van der Waals surface area contributed by atoms with Crippen molar-refractivity contribution in [1.82, 2.24) is 5.32 Å². The van der Waals surface area contributed by atoms with E-state index in [1.54, 1.807) is 6.07 Å². The lowest BCUT2D eigenvalue weighted by atomic mass is 10.2. The van der Waals surface area contributed by atoms with Gasteiger partial charge in [0.15, 0.2) is 5.76 Å². The summed E-state index contributed by atoms with van der Waals surface area (Å²) >= 11 is 3.37. The Morgan fingerprint density at radius 2 is 2.24 bits per heavy atom. The van der Waals surface area contributed by atoms with Crippen LogP contribution >= 0.6 is 15.9 Å². The number of halogens is 1. The maximum absolute atomic E-state index is 11.8. The summed E-state index contributed by atoms with van der Waals surface area (Å²) in [7, 11) is 0. The summed E-state index contributed by atoms with van der Waals surface area (Å²) in [5.41, 5.74) is 0.742. The summed E-state index contributed by atoms with van der Waals surface area (Å²) in [5, 5.41) is 4.67. The number of furan rings is 1. The number of amides is 1. The van der Waals surface area contributed by atoms with Gasteiger partial charge in [-0.15, -0.1) is 0 Å². The zero-order chi connectivity index (χ0) is 12.3. The number of hydrogen-bond donors (Lipinski definition) is 1. The number of para-hydroxylation sites is 1. The fraction of sp³-hybridized carbons (Fsp3) is 0.308. The molecular weight excluding hydrogens is 282 g/mol. The highest BCUT2D eigenvalue weighted by Gasteiger charge is 2.12. The number of benzene rings is 1. The highest BCUT2D eigenvalue weighted by molar-refractivity contribution is 9.09. The Bertz CT molecular complexity index is 488. The van der Waals surface area contributed by atoms with Crippen molar-refractivity contribution in [2.75, 3.05) is 11.9 Å². The minimum absolute atomic E-state index is 0.158. The lowest BCUT2D eigenvalue weighted by molar-refractivity contribution is 0.0924. The van der Waals surface area contributed by atoms with E-state index in [1.165, 1.54) is 0 Å². The molecule has 90 valence electrons. The quantitative estimate of drug-likeness (QED) is 0.880. The molecule has 1 amide bonds. The van der Waals surface area contributed by atoms with E-state index in [9.17, 15) is 4.79 Å². The van der Waals surface area contributed by atoms with Crippen molar-refractivity contribution in [2.24, 2.45) is 5.92 Å². The van der Waals surface area contributed by atoms with Gasteiger partial charge in [0.05, 0.1) is 0 Å². The van der Waals surface area contributed by atoms with Gasteiger partial charge in [-0.05, 0) is 18.1 Å². The predicted octanol–water partition coefficient (Wildman–Crippen LogP) is 3.19. The second-order valence-electron chi connectivity index (χ2n) is 4.12. The molecule has 1 N–H and O–H groups in total.